The highest BCUT2D eigenvalue weighted by molar-refractivity contribution is 7.92. The normalized spacial score (nSPS) is 12.6. The molecule has 0 aliphatic rings. The molecule has 3 heterocycles. The molecule has 0 saturated heterocycles. The molecular formula is C66H50F7N9O9S4. The monoisotopic (exact) mass is 1370 g/mol. The van der Waals surface area contributed by atoms with Crippen molar-refractivity contribution in [3.63, 3.8) is 0 Å². The summed E-state index contributed by atoms with van der Waals surface area (Å²) >= 11 is 0. The number of nitrogens with two attached hydrogens (primary N) is 3. The van der Waals surface area contributed by atoms with Crippen LogP contribution in [-0.4, -0.2) is 75.9 Å². The highest BCUT2D eigenvalue weighted by Crippen LogP contribution is 2.35. The van der Waals surface area contributed by atoms with Gasteiger partial charge in [0, 0.05) is 16.7 Å². The Morgan fingerprint density at radius 2 is 0.716 bits per heavy atom. The molecule has 95 heavy (non-hydrogen) atoms. The van der Waals surface area contributed by atoms with E-state index in [0.29, 0.717) is 84.2 Å². The van der Waals surface area contributed by atoms with Crippen molar-refractivity contribution in [2.24, 2.45) is 15.4 Å². The van der Waals surface area contributed by atoms with Crippen LogP contribution in [-0.2, 0) is 46.1 Å². The first kappa shape index (κ1) is 67.5. The molecule has 12 rings (SSSR count). The molecule has 18 nitrogen and oxygen atoms in total. The van der Waals surface area contributed by atoms with Gasteiger partial charge < -0.3 is 19.7 Å². The maximum absolute atomic E-state index is 12.7. The molecule has 29 heteroatoms. The van der Waals surface area contributed by atoms with Gasteiger partial charge in [-0.15, -0.1) is 0 Å². The number of aromatic amines is 3. The third-order valence-electron chi connectivity index (χ3n) is 14.1. The summed E-state index contributed by atoms with van der Waals surface area (Å²) in [5, 5.41) is 16.0. The number of sulfone groups is 1. The molecule has 0 atom stereocenters. The third kappa shape index (κ3) is 16.3. The summed E-state index contributed by atoms with van der Waals surface area (Å²) < 4.78 is 187. The molecule has 0 fully saturated rings. The fourth-order valence-electron chi connectivity index (χ4n) is 9.63. The summed E-state index contributed by atoms with van der Waals surface area (Å²) in [4.78, 5) is 22.0. The zero-order valence-corrected chi connectivity index (χ0v) is 52.0. The molecule has 0 aliphatic heterocycles. The van der Waals surface area contributed by atoms with Gasteiger partial charge in [0.2, 0.25) is 36.9 Å². The van der Waals surface area contributed by atoms with Crippen molar-refractivity contribution >= 4 is 109 Å². The van der Waals surface area contributed by atoms with Gasteiger partial charge in [0.15, 0.2) is 0 Å². The van der Waals surface area contributed by atoms with E-state index in [-0.39, 0.29) is 14.7 Å². The number of hydrogen-bond acceptors (Lipinski definition) is 12. The van der Waals surface area contributed by atoms with E-state index in [2.05, 4.69) is 29.9 Å². The first-order chi connectivity index (χ1) is 44.9. The number of H-pyrrole nitrogens is 3. The quantitative estimate of drug-likeness (QED) is 0.0522. The van der Waals surface area contributed by atoms with Gasteiger partial charge in [-0.1, -0.05) is 127 Å². The van der Waals surface area contributed by atoms with Crippen molar-refractivity contribution in [2.75, 3.05) is 6.86 Å². The van der Waals surface area contributed by atoms with Crippen LogP contribution in [0.3, 0.4) is 0 Å². The van der Waals surface area contributed by atoms with Crippen LogP contribution in [0.25, 0.3) is 103 Å². The van der Waals surface area contributed by atoms with E-state index in [1.807, 2.05) is 42.5 Å². The van der Waals surface area contributed by atoms with Crippen molar-refractivity contribution in [1.29, 1.82) is 0 Å². The number of imidazole rings is 3. The number of halogens is 7. The Hall–Kier alpha value is -10.4. The number of fused-ring (bicyclic) bond motifs is 3. The van der Waals surface area contributed by atoms with Gasteiger partial charge in [0.05, 0.1) is 58.2 Å². The van der Waals surface area contributed by atoms with Crippen molar-refractivity contribution in [3.8, 4) is 39.1 Å². The minimum Gasteiger partial charge on any atom is -0.463 e. The minimum atomic E-state index is -5.41. The first-order valence-electron chi connectivity index (χ1n) is 27.7. The zero-order chi connectivity index (χ0) is 68.1. The zero-order valence-electron chi connectivity index (χ0n) is 48.8. The van der Waals surface area contributed by atoms with E-state index in [1.165, 1.54) is 42.5 Å². The molecule has 0 unspecified atom stereocenters. The van der Waals surface area contributed by atoms with E-state index in [0.717, 1.165) is 46.4 Å². The van der Waals surface area contributed by atoms with Gasteiger partial charge in [0.1, 0.15) is 23.2 Å². The highest BCUT2D eigenvalue weighted by atomic mass is 32.2. The molecule has 9 N–H and O–H groups in total. The number of nitrogens with one attached hydrogen (secondary N) is 3. The second-order valence-electron chi connectivity index (χ2n) is 20.6. The molecule has 0 spiro atoms. The lowest BCUT2D eigenvalue weighted by Crippen LogP contribution is -2.23. The number of nitrogens with zero attached hydrogens (tertiary/aromatic N) is 3. The summed E-state index contributed by atoms with van der Waals surface area (Å²) in [7, 11) is -17.1. The number of hydrogen-bond donors (Lipinski definition) is 6. The maximum atomic E-state index is 12.7. The topological polar surface area (TPSA) is 310 Å². The van der Waals surface area contributed by atoms with Crippen LogP contribution < -0.4 is 20.2 Å². The molecule has 0 bridgehead atoms. The van der Waals surface area contributed by atoms with Crippen molar-refractivity contribution in [1.82, 2.24) is 29.9 Å². The number of sulfonamides is 3. The summed E-state index contributed by atoms with van der Waals surface area (Å²) in [5.41, 5.74) is 3.37. The van der Waals surface area contributed by atoms with Gasteiger partial charge in [-0.3, -0.25) is 0 Å². The predicted octanol–water partition coefficient (Wildman–Crippen LogP) is 13.8. The molecule has 12 aromatic rings. The Kier molecular flexibility index (Phi) is 19.4. The lowest BCUT2D eigenvalue weighted by Gasteiger charge is -2.07. The molecule has 486 valence electrons. The van der Waals surface area contributed by atoms with Gasteiger partial charge in [-0.25, -0.2) is 68.4 Å². The van der Waals surface area contributed by atoms with Crippen LogP contribution >= 0.6 is 0 Å². The molecule has 0 saturated carbocycles. The molecule has 0 radical (unpaired) electrons. The van der Waals surface area contributed by atoms with Crippen molar-refractivity contribution in [3.05, 3.63) is 240 Å². The highest BCUT2D eigenvalue weighted by Gasteiger charge is 2.46. The molecule has 9 aromatic carbocycles. The lowest BCUT2D eigenvalue weighted by atomic mass is 10.1. The van der Waals surface area contributed by atoms with E-state index in [1.54, 1.807) is 127 Å². The number of alkyl halides is 7. The number of rotatable bonds is 15. The van der Waals surface area contributed by atoms with Crippen molar-refractivity contribution < 1.29 is 69.1 Å². The van der Waals surface area contributed by atoms with E-state index in [9.17, 15) is 64.4 Å². The SMILES string of the molecule is NS(=O)(=O)c1ccccc1-c1ccc2nc(/C=C/c3ccc(C(F)(F)F)cc3)[nH]c2c1.NS(=O)(=O)c1ccccc1-c1ccc2nc(/C=C/c3ccc(OCF)cc3)[nH]c2c1.NS(=O)(=O)c1ccccc1-c1ccc2nc(/C=C/c3ccc(S(=O)(=O)C(F)(F)F)cc3)[nH]c2c1. The van der Waals surface area contributed by atoms with E-state index >= 15 is 0 Å². The fraction of sp³-hybridized carbons (Fsp3) is 0.0455. The van der Waals surface area contributed by atoms with Crippen LogP contribution in [0.5, 0.6) is 5.75 Å². The summed E-state index contributed by atoms with van der Waals surface area (Å²) in [5.74, 6) is 2.04. The largest absolute Gasteiger partial charge is 0.501 e. The molecule has 3 aromatic heterocycles. The second-order valence-corrected chi connectivity index (χ2v) is 27.2. The standard InChI is InChI=1S/C22H16F3N3O4S2.C22H16F3N3O2S.C22H18FN3O3S/c23-22(24,25)33(29,30)16-9-5-14(6-10-16)7-12-21-27-18-11-8-15(13-19(18)28-21)17-3-1-2-4-20(17)34(26,31)32;23-22(24,25)16-9-5-14(6-10-16)7-12-21-27-18-11-8-15(13-19(18)28-21)17-3-1-2-4-20(17)31(26,29)30;23-14-29-17-9-5-15(6-10-17)7-12-22-25-19-11-8-16(13-20(19)26-22)18-3-1-2-4-21(18)30(24,27)28/h1-13H,(H,27,28)(H2,26,31,32);1-13H,(H,27,28)(H2,26,29,30);1-13H,14H2,(H,25,26)(H2,24,27,28)/b3*12-7+. The average Bonchev–Trinajstić information content (AvgIpc) is 1.72. The van der Waals surface area contributed by atoms with Crippen LogP contribution in [0.4, 0.5) is 30.7 Å². The Balaban J connectivity index is 0.000000156. The van der Waals surface area contributed by atoms with Crippen molar-refractivity contribution in [2.45, 2.75) is 31.3 Å². The number of primary sulfonamides is 3. The number of ether oxygens (including phenoxy) is 1. The number of aromatic nitrogens is 6. The van der Waals surface area contributed by atoms with Gasteiger partial charge in [0.25, 0.3) is 9.84 Å². The Morgan fingerprint density at radius 1 is 0.400 bits per heavy atom. The first-order valence-corrected chi connectivity index (χ1v) is 33.8. The van der Waals surface area contributed by atoms with Gasteiger partial charge in [-0.2, -0.15) is 26.3 Å². The lowest BCUT2D eigenvalue weighted by molar-refractivity contribution is -0.137. The van der Waals surface area contributed by atoms with Gasteiger partial charge >= 0.3 is 11.7 Å². The Bertz CT molecular complexity index is 5410. The summed E-state index contributed by atoms with van der Waals surface area (Å²) in [6, 6.07) is 51.3. The van der Waals surface area contributed by atoms with E-state index in [4.69, 9.17) is 20.2 Å². The second kappa shape index (κ2) is 27.3. The number of benzene rings is 9. The van der Waals surface area contributed by atoms with E-state index < -0.39 is 68.9 Å². The molecule has 0 amide bonds. The minimum absolute atomic E-state index is 0.00929. The predicted molar refractivity (Wildman–Crippen MR) is 350 cm³/mol. The maximum Gasteiger partial charge on any atom is 0.501 e. The summed E-state index contributed by atoms with van der Waals surface area (Å²) in [6.07, 6.45) is 5.75. The van der Waals surface area contributed by atoms with Crippen LogP contribution in [0, 0.1) is 0 Å². The Morgan fingerprint density at radius 3 is 1.02 bits per heavy atom. The third-order valence-corrected chi connectivity index (χ3v) is 18.6. The van der Waals surface area contributed by atoms with Gasteiger partial charge in [-0.05, 0) is 143 Å². The average molecular weight is 1370 g/mol. The van der Waals surface area contributed by atoms with Crippen LogP contribution in [0.1, 0.15) is 39.7 Å². The Labute approximate surface area is 538 Å². The van der Waals surface area contributed by atoms with Crippen LogP contribution in [0.2, 0.25) is 0 Å². The smallest absolute Gasteiger partial charge is 0.463 e. The molecular weight excluding hydrogens is 1320 g/mol. The van der Waals surface area contributed by atoms with Crippen LogP contribution in [0.15, 0.2) is 220 Å². The molecule has 0 aliphatic carbocycles. The fourth-order valence-corrected chi connectivity index (χ4v) is 12.7. The summed E-state index contributed by atoms with van der Waals surface area (Å²) in [6.45, 7) is -0.863.